The van der Waals surface area contributed by atoms with Gasteiger partial charge in [-0.3, -0.25) is 19.8 Å². The number of hydrogen-bond donors (Lipinski definition) is 0. The summed E-state index contributed by atoms with van der Waals surface area (Å²) in [5.41, 5.74) is 2.74. The van der Waals surface area contributed by atoms with Gasteiger partial charge in [-0.2, -0.15) is 5.10 Å². The van der Waals surface area contributed by atoms with Crippen LogP contribution in [-0.2, 0) is 11.3 Å². The van der Waals surface area contributed by atoms with Gasteiger partial charge in [-0.25, -0.2) is 0 Å². The van der Waals surface area contributed by atoms with Gasteiger partial charge in [0.05, 0.1) is 22.9 Å². The van der Waals surface area contributed by atoms with E-state index in [9.17, 15) is 14.9 Å². The van der Waals surface area contributed by atoms with Crippen molar-refractivity contribution >= 4 is 34.7 Å². The molecule has 3 rings (SSSR count). The number of nitrogens with zero attached hydrogens (tertiary/aromatic N) is 4. The summed E-state index contributed by atoms with van der Waals surface area (Å²) in [6, 6.07) is 14.1. The molecule has 0 N–H and O–H groups in total. The fraction of sp³-hybridized carbons (Fsp3) is 0.250. The number of aryl methyl sites for hydroxylation is 1. The van der Waals surface area contributed by atoms with Crippen molar-refractivity contribution in [2.24, 2.45) is 10.2 Å². The van der Waals surface area contributed by atoms with Crippen molar-refractivity contribution in [3.63, 3.8) is 0 Å². The Balaban J connectivity index is 1.83. The fourth-order valence-corrected chi connectivity index (χ4v) is 3.84. The predicted molar refractivity (Wildman–Crippen MR) is 112 cm³/mol. The van der Waals surface area contributed by atoms with Crippen LogP contribution in [0.5, 0.6) is 0 Å². The van der Waals surface area contributed by atoms with Crippen LogP contribution in [0, 0.1) is 17.0 Å². The first-order valence-corrected chi connectivity index (χ1v) is 9.75. The summed E-state index contributed by atoms with van der Waals surface area (Å²) >= 11 is 1.40. The Morgan fingerprint density at radius 1 is 1.25 bits per heavy atom. The number of thioether (sulfide) groups is 1. The van der Waals surface area contributed by atoms with Crippen molar-refractivity contribution in [3.8, 4) is 0 Å². The van der Waals surface area contributed by atoms with Gasteiger partial charge in [0.2, 0.25) is 5.91 Å². The van der Waals surface area contributed by atoms with E-state index in [0.29, 0.717) is 23.7 Å². The molecule has 1 aliphatic heterocycles. The molecule has 1 amide bonds. The average molecular weight is 396 g/mol. The number of amidine groups is 1. The monoisotopic (exact) mass is 396 g/mol. The second kappa shape index (κ2) is 8.79. The van der Waals surface area contributed by atoms with E-state index in [1.807, 2.05) is 38.1 Å². The van der Waals surface area contributed by atoms with Crippen LogP contribution in [0.3, 0.4) is 0 Å². The Morgan fingerprint density at radius 3 is 2.75 bits per heavy atom. The Labute approximate surface area is 167 Å². The number of nitro benzene ring substituents is 1. The molecule has 8 heteroatoms. The van der Waals surface area contributed by atoms with E-state index in [1.165, 1.54) is 30.1 Å². The zero-order valence-corrected chi connectivity index (χ0v) is 16.4. The fourth-order valence-electron chi connectivity index (χ4n) is 2.81. The molecule has 0 spiro atoms. The van der Waals surface area contributed by atoms with Gasteiger partial charge in [-0.1, -0.05) is 55.1 Å². The number of amides is 1. The number of hydrogen-bond acceptors (Lipinski definition) is 6. The molecule has 0 saturated carbocycles. The number of non-ortho nitro benzene ring substituents is 1. The molecule has 1 aliphatic rings. The normalized spacial score (nSPS) is 18.4. The minimum atomic E-state index is -0.454. The van der Waals surface area contributed by atoms with Crippen molar-refractivity contribution in [1.82, 2.24) is 4.90 Å². The van der Waals surface area contributed by atoms with Crippen molar-refractivity contribution in [3.05, 3.63) is 75.3 Å². The molecule has 0 bridgehead atoms. The third-order valence-corrected chi connectivity index (χ3v) is 5.74. The molecule has 7 nitrogen and oxygen atoms in total. The molecule has 0 unspecified atom stereocenters. The lowest BCUT2D eigenvalue weighted by molar-refractivity contribution is -0.384. The number of carbonyl (C=O) groups excluding carboxylic acids is 1. The molecule has 1 fully saturated rings. The van der Waals surface area contributed by atoms with Gasteiger partial charge in [0.1, 0.15) is 0 Å². The maximum Gasteiger partial charge on any atom is 0.270 e. The van der Waals surface area contributed by atoms with Crippen molar-refractivity contribution in [1.29, 1.82) is 0 Å². The lowest BCUT2D eigenvalue weighted by atomic mass is 10.1. The first kappa shape index (κ1) is 19.8. The summed E-state index contributed by atoms with van der Waals surface area (Å²) in [6.07, 6.45) is 2.16. The molecule has 0 radical (unpaired) electrons. The van der Waals surface area contributed by atoms with Crippen molar-refractivity contribution in [2.75, 3.05) is 0 Å². The SMILES string of the molecule is CC[C@@H]1S/C(=N\N=C/c2cccc([N+](=O)[O-])c2)N(Cc2ccccc2C)C1=O. The molecule has 0 aliphatic carbocycles. The second-order valence-corrected chi connectivity index (χ2v) is 7.51. The highest BCUT2D eigenvalue weighted by Gasteiger charge is 2.37. The van der Waals surface area contributed by atoms with Gasteiger partial charge in [0, 0.05) is 17.7 Å². The van der Waals surface area contributed by atoms with Gasteiger partial charge >= 0.3 is 0 Å². The van der Waals surface area contributed by atoms with E-state index in [4.69, 9.17) is 0 Å². The third kappa shape index (κ3) is 4.45. The van der Waals surface area contributed by atoms with E-state index in [2.05, 4.69) is 10.2 Å². The molecule has 1 atom stereocenters. The number of benzene rings is 2. The lowest BCUT2D eigenvalue weighted by Crippen LogP contribution is -2.31. The van der Waals surface area contributed by atoms with E-state index in [-0.39, 0.29) is 16.8 Å². The van der Waals surface area contributed by atoms with Crippen molar-refractivity contribution < 1.29 is 9.72 Å². The predicted octanol–water partition coefficient (Wildman–Crippen LogP) is 4.15. The first-order valence-electron chi connectivity index (χ1n) is 8.87. The molecular formula is C20H20N4O3S. The van der Waals surface area contributed by atoms with Crippen molar-refractivity contribution in [2.45, 2.75) is 32.1 Å². The summed E-state index contributed by atoms with van der Waals surface area (Å²) in [4.78, 5) is 24.8. The molecule has 2 aromatic carbocycles. The summed E-state index contributed by atoms with van der Waals surface area (Å²) in [5.74, 6) is 0.0278. The van der Waals surface area contributed by atoms with Crippen LogP contribution in [0.15, 0.2) is 58.7 Å². The van der Waals surface area contributed by atoms with Crippen LogP contribution < -0.4 is 0 Å². The van der Waals surface area contributed by atoms with E-state index < -0.39 is 4.92 Å². The lowest BCUT2D eigenvalue weighted by Gasteiger charge is -2.17. The number of rotatable bonds is 6. The highest BCUT2D eigenvalue weighted by atomic mass is 32.2. The summed E-state index contributed by atoms with van der Waals surface area (Å²) in [6.45, 7) is 4.43. The summed E-state index contributed by atoms with van der Waals surface area (Å²) < 4.78 is 0. The van der Waals surface area contributed by atoms with Crippen LogP contribution in [0.25, 0.3) is 0 Å². The molecule has 2 aromatic rings. The first-order chi connectivity index (χ1) is 13.5. The highest BCUT2D eigenvalue weighted by Crippen LogP contribution is 2.31. The zero-order valence-electron chi connectivity index (χ0n) is 15.6. The molecule has 1 saturated heterocycles. The minimum absolute atomic E-state index is 0.00533. The van der Waals surface area contributed by atoms with Gasteiger partial charge in [-0.05, 0) is 24.5 Å². The molecule has 1 heterocycles. The Bertz CT molecular complexity index is 958. The van der Waals surface area contributed by atoms with Crippen LogP contribution in [0.4, 0.5) is 5.69 Å². The second-order valence-electron chi connectivity index (χ2n) is 6.34. The molecular weight excluding hydrogens is 376 g/mol. The van der Waals surface area contributed by atoms with Crippen LogP contribution in [0.2, 0.25) is 0 Å². The Morgan fingerprint density at radius 2 is 2.04 bits per heavy atom. The smallest absolute Gasteiger partial charge is 0.270 e. The van der Waals surface area contributed by atoms with Crippen LogP contribution in [0.1, 0.15) is 30.0 Å². The minimum Gasteiger partial charge on any atom is -0.284 e. The van der Waals surface area contributed by atoms with Crippen LogP contribution in [-0.4, -0.2) is 32.4 Å². The maximum atomic E-state index is 12.7. The van der Waals surface area contributed by atoms with E-state index >= 15 is 0 Å². The maximum absolute atomic E-state index is 12.7. The van der Waals surface area contributed by atoms with Crippen LogP contribution >= 0.6 is 11.8 Å². The van der Waals surface area contributed by atoms with Gasteiger partial charge in [0.25, 0.3) is 5.69 Å². The topological polar surface area (TPSA) is 88.2 Å². The standard InChI is InChI=1S/C20H20N4O3S/c1-3-18-19(25)23(13-16-9-5-4-7-14(16)2)20(28-18)22-21-12-15-8-6-10-17(11-15)24(26)27/h4-12,18H,3,13H2,1-2H3/b21-12-,22-20-/t18-/m0/s1. The zero-order chi connectivity index (χ0) is 20.1. The average Bonchev–Trinajstić information content (AvgIpc) is 2.99. The summed E-state index contributed by atoms with van der Waals surface area (Å²) in [5, 5.41) is 19.5. The largest absolute Gasteiger partial charge is 0.284 e. The summed E-state index contributed by atoms with van der Waals surface area (Å²) in [7, 11) is 0. The Hall–Kier alpha value is -3.00. The Kier molecular flexibility index (Phi) is 6.20. The quantitative estimate of drug-likeness (QED) is 0.417. The molecule has 0 aromatic heterocycles. The van der Waals surface area contributed by atoms with E-state index in [1.54, 1.807) is 17.0 Å². The number of nitro groups is 1. The third-order valence-electron chi connectivity index (χ3n) is 4.41. The highest BCUT2D eigenvalue weighted by molar-refractivity contribution is 8.15. The molecule has 144 valence electrons. The van der Waals surface area contributed by atoms with Gasteiger partial charge in [0.15, 0.2) is 5.17 Å². The van der Waals surface area contributed by atoms with Gasteiger partial charge < -0.3 is 0 Å². The van der Waals surface area contributed by atoms with Gasteiger partial charge in [-0.15, -0.1) is 5.10 Å². The van der Waals surface area contributed by atoms with E-state index in [0.717, 1.165) is 11.1 Å². The number of carbonyl (C=O) groups is 1. The molecule has 28 heavy (non-hydrogen) atoms.